The number of esters is 1. The molecule has 102 valence electrons. The van der Waals surface area contributed by atoms with Crippen molar-refractivity contribution < 1.29 is 9.53 Å². The third kappa shape index (κ3) is 3.35. The number of nitrogens with one attached hydrogen (secondary N) is 1. The van der Waals surface area contributed by atoms with E-state index in [0.29, 0.717) is 0 Å². The van der Waals surface area contributed by atoms with E-state index in [1.54, 1.807) is 0 Å². The number of fused-ring (bicyclic) bond motifs is 1. The summed E-state index contributed by atoms with van der Waals surface area (Å²) in [4.78, 5) is 11.7. The molecule has 0 bridgehead atoms. The lowest BCUT2D eigenvalue weighted by Crippen LogP contribution is -2.17. The average Bonchev–Trinajstić information content (AvgIpc) is 2.71. The van der Waals surface area contributed by atoms with Crippen LogP contribution < -0.4 is 5.32 Å². The molecule has 4 heteroatoms. The predicted octanol–water partition coefficient (Wildman–Crippen LogP) is 2.31. The van der Waals surface area contributed by atoms with E-state index >= 15 is 0 Å². The van der Waals surface area contributed by atoms with Gasteiger partial charge >= 0.3 is 5.97 Å². The van der Waals surface area contributed by atoms with Gasteiger partial charge in [-0.2, -0.15) is 0 Å². The fourth-order valence-corrected chi connectivity index (χ4v) is 2.12. The van der Waals surface area contributed by atoms with Crippen molar-refractivity contribution in [3.05, 3.63) is 36.0 Å². The Morgan fingerprint density at radius 2 is 2.16 bits per heavy atom. The summed E-state index contributed by atoms with van der Waals surface area (Å²) >= 11 is 0. The first-order valence-corrected chi connectivity index (χ1v) is 6.52. The summed E-state index contributed by atoms with van der Waals surface area (Å²) < 4.78 is 7.11. The van der Waals surface area contributed by atoms with Gasteiger partial charge < -0.3 is 14.6 Å². The Balaban J connectivity index is 2.23. The first kappa shape index (κ1) is 13.6. The second-order valence-corrected chi connectivity index (χ2v) is 4.91. The highest BCUT2D eigenvalue weighted by Crippen LogP contribution is 2.18. The van der Waals surface area contributed by atoms with E-state index in [0.717, 1.165) is 17.4 Å². The van der Waals surface area contributed by atoms with Crippen molar-refractivity contribution in [3.63, 3.8) is 0 Å². The molecule has 1 N–H and O–H groups in total. The molecule has 0 saturated heterocycles. The Morgan fingerprint density at radius 1 is 1.37 bits per heavy atom. The van der Waals surface area contributed by atoms with Gasteiger partial charge in [0.15, 0.2) is 0 Å². The SMILES string of the molecule is CNCc1ccc2ccn(CC(=O)OC(C)C)c2c1. The Morgan fingerprint density at radius 3 is 2.84 bits per heavy atom. The molecule has 0 aliphatic rings. The maximum absolute atomic E-state index is 11.7. The number of aromatic nitrogens is 1. The molecule has 0 spiro atoms. The zero-order chi connectivity index (χ0) is 13.8. The Bertz CT molecular complexity index is 573. The smallest absolute Gasteiger partial charge is 0.326 e. The zero-order valence-electron chi connectivity index (χ0n) is 11.6. The lowest BCUT2D eigenvalue weighted by Gasteiger charge is -2.10. The van der Waals surface area contributed by atoms with Crippen molar-refractivity contribution in [2.45, 2.75) is 33.0 Å². The highest BCUT2D eigenvalue weighted by molar-refractivity contribution is 5.82. The minimum absolute atomic E-state index is 0.0748. The molecule has 2 aromatic rings. The molecule has 0 fully saturated rings. The predicted molar refractivity (Wildman–Crippen MR) is 75.9 cm³/mol. The number of nitrogens with zero attached hydrogens (tertiary/aromatic N) is 1. The lowest BCUT2D eigenvalue weighted by atomic mass is 10.1. The molecule has 1 aromatic carbocycles. The third-order valence-electron chi connectivity index (χ3n) is 2.89. The monoisotopic (exact) mass is 260 g/mol. The van der Waals surface area contributed by atoms with Crippen LogP contribution in [0.25, 0.3) is 10.9 Å². The van der Waals surface area contributed by atoms with Gasteiger partial charge in [0, 0.05) is 18.3 Å². The standard InChI is InChI=1S/C15H20N2O2/c1-11(2)19-15(18)10-17-7-6-13-5-4-12(9-16-3)8-14(13)17/h4-8,11,16H,9-10H2,1-3H3. The molecule has 0 unspecified atom stereocenters. The van der Waals surface area contributed by atoms with Crippen molar-refractivity contribution in [2.24, 2.45) is 0 Å². The summed E-state index contributed by atoms with van der Waals surface area (Å²) in [5.41, 5.74) is 2.26. The van der Waals surface area contributed by atoms with E-state index in [1.165, 1.54) is 5.56 Å². The number of carbonyl (C=O) groups is 1. The topological polar surface area (TPSA) is 43.3 Å². The second kappa shape index (κ2) is 5.89. The molecule has 1 aromatic heterocycles. The van der Waals surface area contributed by atoms with E-state index in [2.05, 4.69) is 23.5 Å². The van der Waals surface area contributed by atoms with Gasteiger partial charge in [-0.15, -0.1) is 0 Å². The minimum Gasteiger partial charge on any atom is -0.462 e. The van der Waals surface area contributed by atoms with Crippen LogP contribution in [0.2, 0.25) is 0 Å². The molecule has 0 saturated carbocycles. The normalized spacial score (nSPS) is 11.2. The van der Waals surface area contributed by atoms with Crippen LogP contribution in [-0.4, -0.2) is 23.7 Å². The number of carbonyl (C=O) groups excluding carboxylic acids is 1. The molecule has 1 heterocycles. The largest absolute Gasteiger partial charge is 0.462 e. The van der Waals surface area contributed by atoms with Gasteiger partial charge in [0.25, 0.3) is 0 Å². The summed E-state index contributed by atoms with van der Waals surface area (Å²) in [5.74, 6) is -0.202. The number of ether oxygens (including phenoxy) is 1. The number of rotatable bonds is 5. The molecule has 0 amide bonds. The number of hydrogen-bond acceptors (Lipinski definition) is 3. The zero-order valence-corrected chi connectivity index (χ0v) is 11.6. The van der Waals surface area contributed by atoms with Crippen LogP contribution in [0.1, 0.15) is 19.4 Å². The van der Waals surface area contributed by atoms with Gasteiger partial charge in [0.1, 0.15) is 6.54 Å². The fourth-order valence-electron chi connectivity index (χ4n) is 2.12. The van der Waals surface area contributed by atoms with Crippen LogP contribution in [-0.2, 0) is 22.6 Å². The Labute approximate surface area is 113 Å². The molecule has 4 nitrogen and oxygen atoms in total. The first-order chi connectivity index (χ1) is 9.10. The van der Waals surface area contributed by atoms with Crippen molar-refractivity contribution in [1.29, 1.82) is 0 Å². The second-order valence-electron chi connectivity index (χ2n) is 4.91. The van der Waals surface area contributed by atoms with E-state index < -0.39 is 0 Å². The minimum atomic E-state index is -0.202. The summed E-state index contributed by atoms with van der Waals surface area (Å²) in [6.45, 7) is 4.79. The maximum Gasteiger partial charge on any atom is 0.326 e. The van der Waals surface area contributed by atoms with Gasteiger partial charge in [0.05, 0.1) is 6.10 Å². The quantitative estimate of drug-likeness (QED) is 0.839. The molecule has 0 aliphatic heterocycles. The van der Waals surface area contributed by atoms with Gasteiger partial charge in [0.2, 0.25) is 0 Å². The summed E-state index contributed by atoms with van der Waals surface area (Å²) in [6, 6.07) is 8.29. The van der Waals surface area contributed by atoms with Crippen molar-refractivity contribution >= 4 is 16.9 Å². The van der Waals surface area contributed by atoms with E-state index in [1.807, 2.05) is 37.7 Å². The summed E-state index contributed by atoms with van der Waals surface area (Å²) in [7, 11) is 1.92. The van der Waals surface area contributed by atoms with Gasteiger partial charge in [-0.05, 0) is 44.0 Å². The molecule has 0 radical (unpaired) electrons. The van der Waals surface area contributed by atoms with Crippen LogP contribution in [0.4, 0.5) is 0 Å². The van der Waals surface area contributed by atoms with Crippen LogP contribution in [0.5, 0.6) is 0 Å². The number of benzene rings is 1. The number of hydrogen-bond donors (Lipinski definition) is 1. The lowest BCUT2D eigenvalue weighted by molar-refractivity contribution is -0.148. The van der Waals surface area contributed by atoms with Crippen LogP contribution >= 0.6 is 0 Å². The highest BCUT2D eigenvalue weighted by atomic mass is 16.5. The van der Waals surface area contributed by atoms with Crippen LogP contribution in [0, 0.1) is 0 Å². The Hall–Kier alpha value is -1.81. The Kier molecular flexibility index (Phi) is 4.22. The van der Waals surface area contributed by atoms with Crippen molar-refractivity contribution in [3.8, 4) is 0 Å². The van der Waals surface area contributed by atoms with Gasteiger partial charge in [-0.1, -0.05) is 12.1 Å². The molecule has 19 heavy (non-hydrogen) atoms. The van der Waals surface area contributed by atoms with E-state index in [-0.39, 0.29) is 18.6 Å². The summed E-state index contributed by atoms with van der Waals surface area (Å²) in [6.07, 6.45) is 1.85. The van der Waals surface area contributed by atoms with Crippen LogP contribution in [0.15, 0.2) is 30.5 Å². The van der Waals surface area contributed by atoms with Gasteiger partial charge in [-0.3, -0.25) is 4.79 Å². The van der Waals surface area contributed by atoms with Crippen LogP contribution in [0.3, 0.4) is 0 Å². The van der Waals surface area contributed by atoms with Crippen molar-refractivity contribution in [1.82, 2.24) is 9.88 Å². The van der Waals surface area contributed by atoms with E-state index in [9.17, 15) is 4.79 Å². The molecule has 0 atom stereocenters. The highest BCUT2D eigenvalue weighted by Gasteiger charge is 2.09. The first-order valence-electron chi connectivity index (χ1n) is 6.52. The average molecular weight is 260 g/mol. The van der Waals surface area contributed by atoms with Crippen molar-refractivity contribution in [2.75, 3.05) is 7.05 Å². The van der Waals surface area contributed by atoms with Gasteiger partial charge in [-0.25, -0.2) is 0 Å². The summed E-state index contributed by atoms with van der Waals surface area (Å²) in [5, 5.41) is 4.26. The molecule has 0 aliphatic carbocycles. The maximum atomic E-state index is 11.7. The molecule has 2 rings (SSSR count). The third-order valence-corrected chi connectivity index (χ3v) is 2.89. The fraction of sp³-hybridized carbons (Fsp3) is 0.400. The molecular formula is C15H20N2O2. The van der Waals surface area contributed by atoms with E-state index in [4.69, 9.17) is 4.74 Å². The molecular weight excluding hydrogens is 240 g/mol.